The first-order chi connectivity index (χ1) is 13.4. The van der Waals surface area contributed by atoms with Crippen LogP contribution < -0.4 is 0 Å². The van der Waals surface area contributed by atoms with Gasteiger partial charge >= 0.3 is 18.0 Å². The summed E-state index contributed by atoms with van der Waals surface area (Å²) in [5.41, 5.74) is -1.31. The lowest BCUT2D eigenvalue weighted by molar-refractivity contribution is -0.155. The van der Waals surface area contributed by atoms with E-state index in [1.54, 1.807) is 34.6 Å². The van der Waals surface area contributed by atoms with Crippen molar-refractivity contribution in [3.8, 4) is 0 Å². The number of carbonyl (C=O) groups excluding carboxylic acids is 3. The van der Waals surface area contributed by atoms with Crippen molar-refractivity contribution in [3.05, 3.63) is 11.8 Å². The predicted molar refractivity (Wildman–Crippen MR) is 111 cm³/mol. The molecule has 2 aliphatic rings. The number of aliphatic carboxylic acids is 1. The van der Waals surface area contributed by atoms with Crippen molar-refractivity contribution in [1.82, 2.24) is 9.80 Å². The van der Waals surface area contributed by atoms with Gasteiger partial charge in [0.25, 0.3) is 5.91 Å². The third-order valence-electron chi connectivity index (χ3n) is 3.97. The lowest BCUT2D eigenvalue weighted by Crippen LogP contribution is -2.67. The SMILES string of the molecule is CC(C)(C)OC(=O)N1C2C(=O)N(C(=CC(=O)O)C(=O)OCC(Cl)(Cl)Cl)C2SC1(C)C. The van der Waals surface area contributed by atoms with Gasteiger partial charge in [-0.3, -0.25) is 14.6 Å². The molecule has 0 aromatic rings. The monoisotopic (exact) mass is 502 g/mol. The van der Waals surface area contributed by atoms with Gasteiger partial charge < -0.3 is 14.6 Å². The van der Waals surface area contributed by atoms with Crippen molar-refractivity contribution in [2.75, 3.05) is 6.61 Å². The Kier molecular flexibility index (Phi) is 6.88. The van der Waals surface area contributed by atoms with Crippen molar-refractivity contribution in [2.45, 2.75) is 60.3 Å². The minimum atomic E-state index is -1.91. The number of hydrogen-bond donors (Lipinski definition) is 1. The molecule has 0 aliphatic carbocycles. The van der Waals surface area contributed by atoms with Crippen LogP contribution in [0, 0.1) is 0 Å². The Morgan fingerprint density at radius 3 is 2.27 bits per heavy atom. The minimum absolute atomic E-state index is 0.530. The van der Waals surface area contributed by atoms with Crippen LogP contribution >= 0.6 is 46.6 Å². The van der Waals surface area contributed by atoms with E-state index in [4.69, 9.17) is 49.4 Å². The quantitative estimate of drug-likeness (QED) is 0.269. The van der Waals surface area contributed by atoms with Gasteiger partial charge in [-0.05, 0) is 34.6 Å². The molecule has 0 aromatic carbocycles. The Labute approximate surface area is 192 Å². The molecule has 9 nitrogen and oxygen atoms in total. The Hall–Kier alpha value is -1.36. The molecular weight excluding hydrogens is 483 g/mol. The van der Waals surface area contributed by atoms with E-state index in [1.165, 1.54) is 16.7 Å². The van der Waals surface area contributed by atoms with Gasteiger partial charge in [0.15, 0.2) is 0 Å². The lowest BCUT2D eigenvalue weighted by Gasteiger charge is -2.45. The highest BCUT2D eigenvalue weighted by Gasteiger charge is 2.65. The van der Waals surface area contributed by atoms with Crippen molar-refractivity contribution in [3.63, 3.8) is 0 Å². The fourth-order valence-corrected chi connectivity index (χ4v) is 4.70. The molecule has 0 spiro atoms. The number of alkyl halides is 3. The predicted octanol–water partition coefficient (Wildman–Crippen LogP) is 3.13. The maximum absolute atomic E-state index is 12.9. The van der Waals surface area contributed by atoms with Gasteiger partial charge in [0.2, 0.25) is 3.79 Å². The van der Waals surface area contributed by atoms with Crippen LogP contribution in [-0.2, 0) is 23.9 Å². The molecule has 13 heteroatoms. The fourth-order valence-electron chi connectivity index (χ4n) is 2.96. The Morgan fingerprint density at radius 2 is 1.80 bits per heavy atom. The largest absolute Gasteiger partial charge is 0.478 e. The first kappa shape index (κ1) is 24.9. The van der Waals surface area contributed by atoms with E-state index < -0.39 is 61.9 Å². The van der Waals surface area contributed by atoms with Gasteiger partial charge in [-0.25, -0.2) is 14.4 Å². The number of carbonyl (C=O) groups is 4. The van der Waals surface area contributed by atoms with Gasteiger partial charge in [-0.15, -0.1) is 11.8 Å². The summed E-state index contributed by atoms with van der Waals surface area (Å²) in [6.45, 7) is 7.87. The molecule has 1 N–H and O–H groups in total. The minimum Gasteiger partial charge on any atom is -0.478 e. The van der Waals surface area contributed by atoms with Crippen LogP contribution in [-0.4, -0.2) is 71.1 Å². The average molecular weight is 504 g/mol. The third kappa shape index (κ3) is 5.46. The van der Waals surface area contributed by atoms with Crippen LogP contribution in [0.3, 0.4) is 0 Å². The zero-order chi connectivity index (χ0) is 23.2. The standard InChI is InChI=1S/C17H21Cl3N2O7S/c1-15(2,3)29-14(27)22-10-11(25)21(12(10)30-16(22,4)5)8(6-9(23)24)13(26)28-7-17(18,19)20/h6,10,12H,7H2,1-5H3,(H,23,24). The van der Waals surface area contributed by atoms with E-state index in [1.807, 2.05) is 0 Å². The van der Waals surface area contributed by atoms with Crippen LogP contribution in [0.5, 0.6) is 0 Å². The van der Waals surface area contributed by atoms with Crippen LogP contribution in [0.2, 0.25) is 0 Å². The number of amides is 2. The first-order valence-electron chi connectivity index (χ1n) is 8.66. The summed E-state index contributed by atoms with van der Waals surface area (Å²) in [7, 11) is 0. The number of carboxylic acid groups (broad SMARTS) is 1. The molecule has 2 fully saturated rings. The first-order valence-corrected chi connectivity index (χ1v) is 10.7. The number of ether oxygens (including phenoxy) is 2. The topological polar surface area (TPSA) is 113 Å². The van der Waals surface area contributed by atoms with Crippen molar-refractivity contribution in [2.24, 2.45) is 0 Å². The summed E-state index contributed by atoms with van der Waals surface area (Å²) in [6, 6.07) is -0.932. The second-order valence-electron chi connectivity index (χ2n) is 8.02. The number of thioether (sulfide) groups is 1. The molecule has 2 rings (SSSR count). The smallest absolute Gasteiger partial charge is 0.412 e. The summed E-state index contributed by atoms with van der Waals surface area (Å²) in [6.07, 6.45) is -0.151. The number of halogens is 3. The van der Waals surface area contributed by atoms with E-state index in [0.29, 0.717) is 6.08 Å². The van der Waals surface area contributed by atoms with Gasteiger partial charge in [0, 0.05) is 0 Å². The van der Waals surface area contributed by atoms with Crippen molar-refractivity contribution < 1.29 is 33.8 Å². The number of β-lactam (4-membered cyclic amide) rings is 1. The summed E-state index contributed by atoms with van der Waals surface area (Å²) in [4.78, 5) is 50.6. The fraction of sp³-hybridized carbons (Fsp3) is 0.647. The van der Waals surface area contributed by atoms with Crippen LogP contribution in [0.4, 0.5) is 4.79 Å². The van der Waals surface area contributed by atoms with E-state index >= 15 is 0 Å². The lowest BCUT2D eigenvalue weighted by atomic mass is 10.0. The molecule has 0 radical (unpaired) electrons. The van der Waals surface area contributed by atoms with Crippen LogP contribution in [0.15, 0.2) is 11.8 Å². The van der Waals surface area contributed by atoms with Gasteiger partial charge in [-0.2, -0.15) is 0 Å². The van der Waals surface area contributed by atoms with E-state index in [-0.39, 0.29) is 0 Å². The zero-order valence-corrected chi connectivity index (χ0v) is 19.9. The van der Waals surface area contributed by atoms with Gasteiger partial charge in [0.05, 0.1) is 10.9 Å². The number of esters is 1. The summed E-state index contributed by atoms with van der Waals surface area (Å²) in [5, 5.41) is 8.42. The molecule has 168 valence electrons. The molecule has 0 saturated carbocycles. The number of likely N-dealkylation sites (tertiary alicyclic amines) is 1. The van der Waals surface area contributed by atoms with Crippen molar-refractivity contribution in [1.29, 1.82) is 0 Å². The normalized spacial score (nSPS) is 23.6. The number of hydrogen-bond acceptors (Lipinski definition) is 7. The molecule has 2 saturated heterocycles. The van der Waals surface area contributed by atoms with E-state index in [9.17, 15) is 19.2 Å². The number of carboxylic acids is 1. The maximum Gasteiger partial charge on any atom is 0.412 e. The number of rotatable bonds is 4. The molecule has 2 unspecified atom stereocenters. The molecule has 2 aliphatic heterocycles. The van der Waals surface area contributed by atoms with Gasteiger partial charge in [-0.1, -0.05) is 34.8 Å². The second-order valence-corrected chi connectivity index (χ2v) is 12.3. The molecular formula is C17H21Cl3N2O7S. The highest BCUT2D eigenvalue weighted by atomic mass is 35.6. The van der Waals surface area contributed by atoms with Crippen LogP contribution in [0.25, 0.3) is 0 Å². The number of fused-ring (bicyclic) bond motifs is 1. The van der Waals surface area contributed by atoms with Gasteiger partial charge in [0.1, 0.15) is 29.3 Å². The molecule has 30 heavy (non-hydrogen) atoms. The van der Waals surface area contributed by atoms with E-state index in [2.05, 4.69) is 0 Å². The number of nitrogens with zero attached hydrogens (tertiary/aromatic N) is 2. The van der Waals surface area contributed by atoms with E-state index in [0.717, 1.165) is 4.90 Å². The summed E-state index contributed by atoms with van der Waals surface area (Å²) >= 11 is 17.9. The Balaban J connectivity index is 2.30. The zero-order valence-electron chi connectivity index (χ0n) is 16.8. The average Bonchev–Trinajstić information content (AvgIpc) is 2.77. The highest BCUT2D eigenvalue weighted by Crippen LogP contribution is 2.52. The molecule has 2 heterocycles. The maximum atomic E-state index is 12.9. The van der Waals surface area contributed by atoms with Crippen LogP contribution in [0.1, 0.15) is 34.6 Å². The molecule has 0 bridgehead atoms. The third-order valence-corrected chi connectivity index (χ3v) is 5.78. The molecule has 0 aromatic heterocycles. The summed E-state index contributed by atoms with van der Waals surface area (Å²) < 4.78 is 8.33. The van der Waals surface area contributed by atoms with Crippen molar-refractivity contribution >= 4 is 70.5 Å². The Bertz CT molecular complexity index is 804. The molecule has 2 atom stereocenters. The second kappa shape index (κ2) is 8.29. The Morgan fingerprint density at radius 1 is 1.23 bits per heavy atom. The highest BCUT2D eigenvalue weighted by molar-refractivity contribution is 8.01. The molecule has 2 amide bonds. The summed E-state index contributed by atoms with van der Waals surface area (Å²) in [5.74, 6) is -3.27.